The van der Waals surface area contributed by atoms with Crippen molar-refractivity contribution in [3.05, 3.63) is 65.2 Å². The summed E-state index contributed by atoms with van der Waals surface area (Å²) in [5, 5.41) is 0. The van der Waals surface area contributed by atoms with E-state index < -0.39 is 5.97 Å². The zero-order chi connectivity index (χ0) is 20.1. The van der Waals surface area contributed by atoms with Gasteiger partial charge in [-0.25, -0.2) is 4.79 Å². The molecule has 0 aromatic heterocycles. The number of amides is 2. The Kier molecular flexibility index (Phi) is 6.09. The first-order chi connectivity index (χ1) is 13.5. The topological polar surface area (TPSA) is 66.9 Å². The third-order valence-electron chi connectivity index (χ3n) is 4.89. The van der Waals surface area contributed by atoms with Crippen LogP contribution in [0.25, 0.3) is 0 Å². The Morgan fingerprint density at radius 1 is 1.14 bits per heavy atom. The lowest BCUT2D eigenvalue weighted by molar-refractivity contribution is -0.133. The van der Waals surface area contributed by atoms with E-state index in [2.05, 4.69) is 0 Å². The van der Waals surface area contributed by atoms with Gasteiger partial charge in [-0.3, -0.25) is 9.59 Å². The van der Waals surface area contributed by atoms with Gasteiger partial charge in [-0.15, -0.1) is 0 Å². The van der Waals surface area contributed by atoms with Crippen molar-refractivity contribution in [1.29, 1.82) is 0 Å². The first-order valence-corrected chi connectivity index (χ1v) is 9.32. The van der Waals surface area contributed by atoms with Crippen LogP contribution in [0.15, 0.2) is 48.5 Å². The summed E-state index contributed by atoms with van der Waals surface area (Å²) < 4.78 is 5.19. The van der Waals surface area contributed by atoms with Crippen molar-refractivity contribution >= 4 is 23.5 Å². The van der Waals surface area contributed by atoms with E-state index in [0.717, 1.165) is 17.5 Å². The maximum Gasteiger partial charge on any atom is 0.338 e. The quantitative estimate of drug-likeness (QED) is 0.723. The molecule has 1 saturated heterocycles. The minimum atomic E-state index is -0.578. The second kappa shape index (κ2) is 8.69. The molecule has 0 atom stereocenters. The highest BCUT2D eigenvalue weighted by Gasteiger charge is 2.22. The standard InChI is InChI=1S/C22H24N2O4/c1-16-7-3-4-8-18(16)14-23(2)21(26)15-28-22(27)17-9-5-10-19(13-17)24-12-6-11-20(24)25/h3-5,7-10,13H,6,11-12,14-15H2,1-2H3. The summed E-state index contributed by atoms with van der Waals surface area (Å²) >= 11 is 0. The molecule has 2 aromatic rings. The molecule has 2 amide bonds. The van der Waals surface area contributed by atoms with Crippen LogP contribution in [0, 0.1) is 6.92 Å². The van der Waals surface area contributed by atoms with Crippen LogP contribution < -0.4 is 4.90 Å². The zero-order valence-corrected chi connectivity index (χ0v) is 16.2. The zero-order valence-electron chi connectivity index (χ0n) is 16.2. The Hall–Kier alpha value is -3.15. The summed E-state index contributed by atoms with van der Waals surface area (Å²) in [6.45, 7) is 2.77. The van der Waals surface area contributed by atoms with Gasteiger partial charge in [0, 0.05) is 32.2 Å². The van der Waals surface area contributed by atoms with Gasteiger partial charge in [-0.1, -0.05) is 30.3 Å². The van der Waals surface area contributed by atoms with E-state index in [-0.39, 0.29) is 18.4 Å². The van der Waals surface area contributed by atoms with Crippen LogP contribution in [-0.2, 0) is 20.9 Å². The van der Waals surface area contributed by atoms with Gasteiger partial charge in [0.05, 0.1) is 5.56 Å². The minimum absolute atomic E-state index is 0.0542. The fraction of sp³-hybridized carbons (Fsp3) is 0.318. The first-order valence-electron chi connectivity index (χ1n) is 9.32. The maximum atomic E-state index is 12.3. The monoisotopic (exact) mass is 380 g/mol. The molecule has 0 N–H and O–H groups in total. The third kappa shape index (κ3) is 4.57. The molecule has 28 heavy (non-hydrogen) atoms. The molecule has 1 aliphatic rings. The van der Waals surface area contributed by atoms with E-state index in [4.69, 9.17) is 4.74 Å². The van der Waals surface area contributed by atoms with E-state index in [0.29, 0.717) is 30.8 Å². The first kappa shape index (κ1) is 19.6. The lowest BCUT2D eigenvalue weighted by Crippen LogP contribution is -2.31. The molecule has 2 aromatic carbocycles. The highest BCUT2D eigenvalue weighted by atomic mass is 16.5. The predicted octanol–water partition coefficient (Wildman–Crippen LogP) is 2.94. The number of aryl methyl sites for hydroxylation is 1. The van der Waals surface area contributed by atoms with Gasteiger partial charge in [0.25, 0.3) is 5.91 Å². The molecule has 1 fully saturated rings. The number of hydrogen-bond acceptors (Lipinski definition) is 4. The van der Waals surface area contributed by atoms with Crippen LogP contribution in [0.1, 0.15) is 34.3 Å². The van der Waals surface area contributed by atoms with Crippen molar-refractivity contribution in [1.82, 2.24) is 4.90 Å². The van der Waals surface area contributed by atoms with E-state index in [9.17, 15) is 14.4 Å². The fourth-order valence-electron chi connectivity index (χ4n) is 3.17. The Balaban J connectivity index is 1.57. The number of nitrogens with zero attached hydrogens (tertiary/aromatic N) is 2. The van der Waals surface area contributed by atoms with Crippen LogP contribution in [0.2, 0.25) is 0 Å². The Morgan fingerprint density at radius 2 is 1.93 bits per heavy atom. The second-order valence-electron chi connectivity index (χ2n) is 6.95. The number of likely N-dealkylation sites (N-methyl/N-ethyl adjacent to an activating group) is 1. The molecule has 0 bridgehead atoms. The predicted molar refractivity (Wildman–Crippen MR) is 106 cm³/mol. The summed E-state index contributed by atoms with van der Waals surface area (Å²) in [5.74, 6) is -0.799. The summed E-state index contributed by atoms with van der Waals surface area (Å²) in [6.07, 6.45) is 1.34. The van der Waals surface area contributed by atoms with Gasteiger partial charge < -0.3 is 14.5 Å². The number of rotatable bonds is 6. The van der Waals surface area contributed by atoms with Crippen molar-refractivity contribution < 1.29 is 19.1 Å². The highest BCUT2D eigenvalue weighted by Crippen LogP contribution is 2.22. The second-order valence-corrected chi connectivity index (χ2v) is 6.95. The van der Waals surface area contributed by atoms with E-state index >= 15 is 0 Å². The van der Waals surface area contributed by atoms with Gasteiger partial charge >= 0.3 is 5.97 Å². The van der Waals surface area contributed by atoms with Gasteiger partial charge in [0.2, 0.25) is 5.91 Å². The molecule has 0 radical (unpaired) electrons. The highest BCUT2D eigenvalue weighted by molar-refractivity contribution is 5.97. The molecular formula is C22H24N2O4. The number of esters is 1. The smallest absolute Gasteiger partial charge is 0.338 e. The fourth-order valence-corrected chi connectivity index (χ4v) is 3.17. The molecule has 3 rings (SSSR count). The van der Waals surface area contributed by atoms with Crippen molar-refractivity contribution in [3.8, 4) is 0 Å². The average Bonchev–Trinajstić information content (AvgIpc) is 3.13. The Bertz CT molecular complexity index is 894. The molecule has 6 nitrogen and oxygen atoms in total. The molecule has 0 saturated carbocycles. The lowest BCUT2D eigenvalue weighted by Gasteiger charge is -2.19. The van der Waals surface area contributed by atoms with E-state index in [1.165, 1.54) is 4.90 Å². The Labute approximate surface area is 164 Å². The van der Waals surface area contributed by atoms with Crippen molar-refractivity contribution in [3.63, 3.8) is 0 Å². The largest absolute Gasteiger partial charge is 0.452 e. The summed E-state index contributed by atoms with van der Waals surface area (Å²) in [7, 11) is 1.68. The Morgan fingerprint density at radius 3 is 2.64 bits per heavy atom. The van der Waals surface area contributed by atoms with Crippen LogP contribution in [0.4, 0.5) is 5.69 Å². The van der Waals surface area contributed by atoms with Crippen molar-refractivity contribution in [2.24, 2.45) is 0 Å². The lowest BCUT2D eigenvalue weighted by atomic mass is 10.1. The molecule has 146 valence electrons. The maximum absolute atomic E-state index is 12.3. The normalized spacial score (nSPS) is 13.5. The van der Waals surface area contributed by atoms with Gasteiger partial charge in [0.1, 0.15) is 0 Å². The molecule has 1 heterocycles. The summed E-state index contributed by atoms with van der Waals surface area (Å²) in [5.41, 5.74) is 3.16. The number of anilines is 1. The van der Waals surface area contributed by atoms with Gasteiger partial charge in [-0.05, 0) is 42.7 Å². The number of hydrogen-bond donors (Lipinski definition) is 0. The number of benzene rings is 2. The molecular weight excluding hydrogens is 356 g/mol. The van der Waals surface area contributed by atoms with E-state index in [1.54, 1.807) is 36.2 Å². The van der Waals surface area contributed by atoms with Crippen molar-refractivity contribution in [2.75, 3.05) is 25.1 Å². The number of carbonyl (C=O) groups excluding carboxylic acids is 3. The molecule has 1 aliphatic heterocycles. The average molecular weight is 380 g/mol. The summed E-state index contributed by atoms with van der Waals surface area (Å²) in [6, 6.07) is 14.6. The number of carbonyl (C=O) groups is 3. The molecule has 0 unspecified atom stereocenters. The summed E-state index contributed by atoms with van der Waals surface area (Å²) in [4.78, 5) is 39.7. The molecule has 0 aliphatic carbocycles. The van der Waals surface area contributed by atoms with Gasteiger partial charge in [0.15, 0.2) is 6.61 Å². The van der Waals surface area contributed by atoms with Crippen LogP contribution >= 0.6 is 0 Å². The van der Waals surface area contributed by atoms with Crippen LogP contribution in [0.5, 0.6) is 0 Å². The SMILES string of the molecule is Cc1ccccc1CN(C)C(=O)COC(=O)c1cccc(N2CCCC2=O)c1. The van der Waals surface area contributed by atoms with Gasteiger partial charge in [-0.2, -0.15) is 0 Å². The minimum Gasteiger partial charge on any atom is -0.452 e. The van der Waals surface area contributed by atoms with Crippen LogP contribution in [0.3, 0.4) is 0 Å². The molecule has 6 heteroatoms. The van der Waals surface area contributed by atoms with Crippen molar-refractivity contribution in [2.45, 2.75) is 26.3 Å². The molecule has 0 spiro atoms. The van der Waals surface area contributed by atoms with E-state index in [1.807, 2.05) is 31.2 Å². The number of ether oxygens (including phenoxy) is 1. The van der Waals surface area contributed by atoms with Crippen LogP contribution in [-0.4, -0.2) is 42.9 Å². The third-order valence-corrected chi connectivity index (χ3v) is 4.89.